The Hall–Kier alpha value is -3.31. The van der Waals surface area contributed by atoms with Gasteiger partial charge in [0.05, 0.1) is 11.3 Å². The molecule has 1 amide bonds. The van der Waals surface area contributed by atoms with Crippen LogP contribution in [0.1, 0.15) is 34.6 Å². The molecule has 4 rings (SSSR count). The highest BCUT2D eigenvalue weighted by molar-refractivity contribution is 6.30. The third-order valence-electron chi connectivity index (χ3n) is 4.62. The molecule has 1 heterocycles. The molecule has 1 aliphatic heterocycles. The molecule has 1 aliphatic rings. The van der Waals surface area contributed by atoms with Crippen molar-refractivity contribution in [3.05, 3.63) is 94.5 Å². The number of amides is 1. The van der Waals surface area contributed by atoms with Gasteiger partial charge in [-0.15, -0.1) is 0 Å². The summed E-state index contributed by atoms with van der Waals surface area (Å²) in [5, 5.41) is 20.0. The van der Waals surface area contributed by atoms with Gasteiger partial charge in [0.1, 0.15) is 5.75 Å². The van der Waals surface area contributed by atoms with E-state index in [1.54, 1.807) is 43.3 Å². The minimum Gasteiger partial charge on any atom is -0.507 e. The summed E-state index contributed by atoms with van der Waals surface area (Å²) >= 11 is 6.17. The predicted molar refractivity (Wildman–Crippen MR) is 111 cm³/mol. The van der Waals surface area contributed by atoms with Crippen LogP contribution in [0.5, 0.6) is 5.75 Å². The van der Waals surface area contributed by atoms with Gasteiger partial charge in [-0.1, -0.05) is 48.0 Å². The summed E-state index contributed by atoms with van der Waals surface area (Å²) in [4.78, 5) is 13.2. The van der Waals surface area contributed by atoms with Gasteiger partial charge in [0, 0.05) is 16.3 Å². The van der Waals surface area contributed by atoms with Gasteiger partial charge in [0.25, 0.3) is 5.91 Å². The second-order valence-corrected chi connectivity index (χ2v) is 6.94. The molecule has 5 nitrogen and oxygen atoms in total. The maximum Gasteiger partial charge on any atom is 0.278 e. The van der Waals surface area contributed by atoms with Crippen molar-refractivity contribution in [1.82, 2.24) is 5.01 Å². The fourth-order valence-corrected chi connectivity index (χ4v) is 3.44. The van der Waals surface area contributed by atoms with Crippen LogP contribution in [0.25, 0.3) is 0 Å². The molecule has 140 valence electrons. The number of rotatable bonds is 3. The lowest BCUT2D eigenvalue weighted by Crippen LogP contribution is -2.40. The number of nitrogens with zero attached hydrogens (tertiary/aromatic N) is 2. The smallest absolute Gasteiger partial charge is 0.278 e. The summed E-state index contributed by atoms with van der Waals surface area (Å²) in [5.41, 5.74) is 3.18. The molecule has 28 heavy (non-hydrogen) atoms. The molecular formula is C22H18ClN3O2. The number of carbonyl (C=O) groups is 1. The van der Waals surface area contributed by atoms with E-state index in [9.17, 15) is 9.90 Å². The lowest BCUT2D eigenvalue weighted by atomic mass is 10.0. The molecule has 0 fully saturated rings. The number of halogens is 1. The van der Waals surface area contributed by atoms with E-state index in [2.05, 4.69) is 10.4 Å². The predicted octanol–water partition coefficient (Wildman–Crippen LogP) is 5.04. The molecule has 1 atom stereocenters. The average molecular weight is 392 g/mol. The zero-order chi connectivity index (χ0) is 19.7. The van der Waals surface area contributed by atoms with Gasteiger partial charge in [-0.3, -0.25) is 4.79 Å². The highest BCUT2D eigenvalue weighted by atomic mass is 35.5. The maximum atomic E-state index is 13.2. The van der Waals surface area contributed by atoms with Gasteiger partial charge in [0.15, 0.2) is 6.17 Å². The number of para-hydroxylation sites is 2. The van der Waals surface area contributed by atoms with Gasteiger partial charge >= 0.3 is 0 Å². The SMILES string of the molecule is CC(=NN1C(=O)c2ccccc2N[C@H]1c1cccc(Cl)c1)c1ccccc1O. The van der Waals surface area contributed by atoms with Gasteiger partial charge in [-0.25, -0.2) is 5.01 Å². The van der Waals surface area contributed by atoms with Crippen LogP contribution in [0.4, 0.5) is 5.69 Å². The van der Waals surface area contributed by atoms with Crippen molar-refractivity contribution in [2.75, 3.05) is 5.32 Å². The summed E-state index contributed by atoms with van der Waals surface area (Å²) in [6.45, 7) is 1.76. The number of phenolic OH excluding ortho intramolecular Hbond substituents is 1. The number of fused-ring (bicyclic) bond motifs is 1. The fourth-order valence-electron chi connectivity index (χ4n) is 3.24. The first kappa shape index (κ1) is 18.1. The van der Waals surface area contributed by atoms with Crippen LogP contribution < -0.4 is 5.32 Å². The zero-order valence-corrected chi connectivity index (χ0v) is 15.9. The van der Waals surface area contributed by atoms with E-state index in [0.29, 0.717) is 21.9 Å². The van der Waals surface area contributed by atoms with Crippen molar-refractivity contribution in [3.63, 3.8) is 0 Å². The molecule has 0 bridgehead atoms. The largest absolute Gasteiger partial charge is 0.507 e. The number of nitrogens with one attached hydrogen (secondary N) is 1. The first-order valence-corrected chi connectivity index (χ1v) is 9.20. The summed E-state index contributed by atoms with van der Waals surface area (Å²) < 4.78 is 0. The van der Waals surface area contributed by atoms with Crippen molar-refractivity contribution in [1.29, 1.82) is 0 Å². The van der Waals surface area contributed by atoms with Crippen LogP contribution in [0.2, 0.25) is 5.02 Å². The number of hydrazone groups is 1. The zero-order valence-electron chi connectivity index (χ0n) is 15.1. The molecule has 0 saturated heterocycles. The van der Waals surface area contributed by atoms with Crippen LogP contribution in [0.3, 0.4) is 0 Å². The van der Waals surface area contributed by atoms with Crippen LogP contribution in [-0.2, 0) is 0 Å². The minimum absolute atomic E-state index is 0.112. The second-order valence-electron chi connectivity index (χ2n) is 6.50. The van der Waals surface area contributed by atoms with Crippen LogP contribution in [0.15, 0.2) is 77.9 Å². The Balaban J connectivity index is 1.82. The lowest BCUT2D eigenvalue weighted by Gasteiger charge is -2.35. The first-order valence-electron chi connectivity index (χ1n) is 8.83. The molecule has 3 aromatic carbocycles. The van der Waals surface area contributed by atoms with Gasteiger partial charge < -0.3 is 10.4 Å². The quantitative estimate of drug-likeness (QED) is 0.615. The first-order chi connectivity index (χ1) is 13.5. The van der Waals surface area contributed by atoms with Crippen LogP contribution in [-0.4, -0.2) is 21.7 Å². The Morgan fingerprint density at radius 2 is 1.82 bits per heavy atom. The fraction of sp³-hybridized carbons (Fsp3) is 0.0909. The average Bonchev–Trinajstić information content (AvgIpc) is 2.70. The van der Waals surface area contributed by atoms with Crippen molar-refractivity contribution in [3.8, 4) is 5.75 Å². The normalized spacial score (nSPS) is 16.5. The summed E-state index contributed by atoms with van der Waals surface area (Å²) in [6.07, 6.45) is -0.526. The second kappa shape index (κ2) is 7.37. The number of anilines is 1. The van der Waals surface area contributed by atoms with E-state index in [4.69, 9.17) is 11.6 Å². The molecule has 0 saturated carbocycles. The van der Waals surface area contributed by atoms with E-state index in [0.717, 1.165) is 11.3 Å². The Morgan fingerprint density at radius 3 is 2.61 bits per heavy atom. The van der Waals surface area contributed by atoms with Gasteiger partial charge in [-0.2, -0.15) is 5.10 Å². The summed E-state index contributed by atoms with van der Waals surface area (Å²) in [5.74, 6) is -0.116. The molecule has 0 aromatic heterocycles. The monoisotopic (exact) mass is 391 g/mol. The van der Waals surface area contributed by atoms with Crippen molar-refractivity contribution in [2.45, 2.75) is 13.1 Å². The number of phenols is 1. The van der Waals surface area contributed by atoms with E-state index in [-0.39, 0.29) is 11.7 Å². The number of hydrogen-bond donors (Lipinski definition) is 2. The Kier molecular flexibility index (Phi) is 4.75. The summed E-state index contributed by atoms with van der Waals surface area (Å²) in [7, 11) is 0. The van der Waals surface area contributed by atoms with Gasteiger partial charge in [0.2, 0.25) is 0 Å². The maximum absolute atomic E-state index is 13.2. The van der Waals surface area contributed by atoms with Crippen molar-refractivity contribution in [2.24, 2.45) is 5.10 Å². The molecule has 0 radical (unpaired) electrons. The van der Waals surface area contributed by atoms with Crippen molar-refractivity contribution < 1.29 is 9.90 Å². The third kappa shape index (κ3) is 3.32. The highest BCUT2D eigenvalue weighted by Crippen LogP contribution is 2.34. The molecule has 0 aliphatic carbocycles. The van der Waals surface area contributed by atoms with E-state index >= 15 is 0 Å². The Bertz CT molecular complexity index is 1080. The molecule has 6 heteroatoms. The molecule has 0 unspecified atom stereocenters. The van der Waals surface area contributed by atoms with Gasteiger partial charge in [-0.05, 0) is 48.9 Å². The molecule has 3 aromatic rings. The number of carbonyl (C=O) groups excluding carboxylic acids is 1. The van der Waals surface area contributed by atoms with Crippen molar-refractivity contribution >= 4 is 28.9 Å². The van der Waals surface area contributed by atoms with Crippen LogP contribution in [0, 0.1) is 0 Å². The highest BCUT2D eigenvalue weighted by Gasteiger charge is 2.33. The lowest BCUT2D eigenvalue weighted by molar-refractivity contribution is 0.0689. The minimum atomic E-state index is -0.526. The van der Waals surface area contributed by atoms with Crippen LogP contribution >= 0.6 is 11.6 Å². The molecular weight excluding hydrogens is 374 g/mol. The Labute approximate surface area is 167 Å². The standard InChI is InChI=1S/C22H18ClN3O2/c1-14(17-9-3-5-12-20(17)27)25-26-21(15-7-6-8-16(23)13-15)24-19-11-4-2-10-18(19)22(26)28/h2-13,21,24,27H,1H3/t21-/m1/s1. The van der Waals surface area contributed by atoms with E-state index < -0.39 is 6.17 Å². The number of aromatic hydroxyl groups is 1. The topological polar surface area (TPSA) is 64.9 Å². The number of benzene rings is 3. The molecule has 2 N–H and O–H groups in total. The Morgan fingerprint density at radius 1 is 1.07 bits per heavy atom. The summed E-state index contributed by atoms with van der Waals surface area (Å²) in [6, 6.07) is 21.5. The van der Waals surface area contributed by atoms with E-state index in [1.165, 1.54) is 5.01 Å². The molecule has 0 spiro atoms. The van der Waals surface area contributed by atoms with E-state index in [1.807, 2.05) is 36.4 Å². The third-order valence-corrected chi connectivity index (χ3v) is 4.85. The number of hydrogen-bond acceptors (Lipinski definition) is 4.